The number of benzene rings is 1. The van der Waals surface area contributed by atoms with E-state index in [2.05, 4.69) is 17.1 Å². The fraction of sp³-hybridized carbons (Fsp3) is 0.500. The SMILES string of the molecule is Cc1ccc2cc(C(=O)N3CCN(C(=O)C4CC4)CC3(C)C)[nH]c2c1. The molecule has 1 saturated heterocycles. The second-order valence-electron chi connectivity index (χ2n) is 8.08. The van der Waals surface area contributed by atoms with E-state index >= 15 is 0 Å². The number of aryl methyl sites for hydroxylation is 1. The van der Waals surface area contributed by atoms with Gasteiger partial charge in [0.05, 0.1) is 5.54 Å². The molecule has 1 aliphatic carbocycles. The predicted molar refractivity (Wildman–Crippen MR) is 97.5 cm³/mol. The van der Waals surface area contributed by atoms with E-state index in [-0.39, 0.29) is 23.3 Å². The van der Waals surface area contributed by atoms with Crippen LogP contribution in [0.15, 0.2) is 24.3 Å². The van der Waals surface area contributed by atoms with E-state index in [1.54, 1.807) is 0 Å². The molecular formula is C20H25N3O2. The van der Waals surface area contributed by atoms with Crippen molar-refractivity contribution in [1.82, 2.24) is 14.8 Å². The van der Waals surface area contributed by atoms with Gasteiger partial charge in [-0.15, -0.1) is 0 Å². The summed E-state index contributed by atoms with van der Waals surface area (Å²) in [5.41, 5.74) is 2.41. The maximum Gasteiger partial charge on any atom is 0.270 e. The van der Waals surface area contributed by atoms with Crippen molar-refractivity contribution in [1.29, 1.82) is 0 Å². The highest BCUT2D eigenvalue weighted by molar-refractivity contribution is 5.98. The first kappa shape index (κ1) is 16.2. The highest BCUT2D eigenvalue weighted by Gasteiger charge is 2.42. The molecule has 0 spiro atoms. The summed E-state index contributed by atoms with van der Waals surface area (Å²) in [4.78, 5) is 32.6. The molecule has 2 aliphatic rings. The number of rotatable bonds is 2. The zero-order valence-electron chi connectivity index (χ0n) is 15.1. The third-order valence-electron chi connectivity index (χ3n) is 5.39. The smallest absolute Gasteiger partial charge is 0.270 e. The number of carbonyl (C=O) groups excluding carboxylic acids is 2. The lowest BCUT2D eigenvalue weighted by molar-refractivity contribution is -0.136. The van der Waals surface area contributed by atoms with Crippen LogP contribution in [0.5, 0.6) is 0 Å². The van der Waals surface area contributed by atoms with Gasteiger partial charge in [-0.05, 0) is 51.3 Å². The average Bonchev–Trinajstić information content (AvgIpc) is 3.32. The second kappa shape index (κ2) is 5.61. The van der Waals surface area contributed by atoms with E-state index in [4.69, 9.17) is 0 Å². The summed E-state index contributed by atoms with van der Waals surface area (Å²) >= 11 is 0. The highest BCUT2D eigenvalue weighted by Crippen LogP contribution is 2.33. The Balaban J connectivity index is 1.55. The van der Waals surface area contributed by atoms with E-state index in [1.807, 2.05) is 42.7 Å². The van der Waals surface area contributed by atoms with Crippen molar-refractivity contribution in [3.05, 3.63) is 35.5 Å². The number of aromatic nitrogens is 1. The Morgan fingerprint density at radius 2 is 1.92 bits per heavy atom. The Morgan fingerprint density at radius 1 is 1.16 bits per heavy atom. The van der Waals surface area contributed by atoms with Crippen LogP contribution >= 0.6 is 0 Å². The maximum absolute atomic E-state index is 13.1. The molecule has 1 N–H and O–H groups in total. The van der Waals surface area contributed by atoms with Crippen molar-refractivity contribution in [3.8, 4) is 0 Å². The number of hydrogen-bond acceptors (Lipinski definition) is 2. The second-order valence-corrected chi connectivity index (χ2v) is 8.08. The van der Waals surface area contributed by atoms with Crippen LogP contribution in [0.1, 0.15) is 42.7 Å². The minimum absolute atomic E-state index is 0.0115. The number of aromatic amines is 1. The molecule has 1 saturated carbocycles. The summed E-state index contributed by atoms with van der Waals surface area (Å²) in [6, 6.07) is 8.07. The number of carbonyl (C=O) groups is 2. The van der Waals surface area contributed by atoms with Crippen molar-refractivity contribution in [2.45, 2.75) is 39.2 Å². The molecule has 1 aliphatic heterocycles. The van der Waals surface area contributed by atoms with Gasteiger partial charge in [0.1, 0.15) is 5.69 Å². The number of nitrogens with one attached hydrogen (secondary N) is 1. The Labute approximate surface area is 148 Å². The summed E-state index contributed by atoms with van der Waals surface area (Å²) in [6.07, 6.45) is 2.04. The third kappa shape index (κ3) is 2.92. The summed E-state index contributed by atoms with van der Waals surface area (Å²) in [5, 5.41) is 1.05. The summed E-state index contributed by atoms with van der Waals surface area (Å²) in [6.45, 7) is 7.95. The largest absolute Gasteiger partial charge is 0.351 e. The molecule has 2 amide bonds. The average molecular weight is 339 g/mol. The summed E-state index contributed by atoms with van der Waals surface area (Å²) < 4.78 is 0. The molecule has 2 heterocycles. The zero-order chi connectivity index (χ0) is 17.8. The molecule has 2 fully saturated rings. The van der Waals surface area contributed by atoms with Crippen LogP contribution in [0, 0.1) is 12.8 Å². The lowest BCUT2D eigenvalue weighted by atomic mass is 9.97. The van der Waals surface area contributed by atoms with Gasteiger partial charge in [0.25, 0.3) is 5.91 Å². The molecule has 25 heavy (non-hydrogen) atoms. The first-order valence-corrected chi connectivity index (χ1v) is 9.05. The fourth-order valence-electron chi connectivity index (χ4n) is 3.81. The van der Waals surface area contributed by atoms with Gasteiger partial charge >= 0.3 is 0 Å². The molecule has 132 valence electrons. The van der Waals surface area contributed by atoms with Crippen LogP contribution in [-0.2, 0) is 4.79 Å². The van der Waals surface area contributed by atoms with Gasteiger partial charge in [-0.1, -0.05) is 12.1 Å². The standard InChI is InChI=1S/C20H25N3O2/c1-13-4-5-15-11-17(21-16(15)10-13)19(25)23-9-8-22(12-20(23,2)3)18(24)14-6-7-14/h4-5,10-11,14,21H,6-9,12H2,1-3H3. The Kier molecular flexibility index (Phi) is 3.63. The molecule has 1 aromatic carbocycles. The molecule has 4 rings (SSSR count). The van der Waals surface area contributed by atoms with Crippen LogP contribution in [0.3, 0.4) is 0 Å². The molecule has 0 unspecified atom stereocenters. The Morgan fingerprint density at radius 3 is 2.60 bits per heavy atom. The van der Waals surface area contributed by atoms with E-state index < -0.39 is 0 Å². The summed E-state index contributed by atoms with van der Waals surface area (Å²) in [5.74, 6) is 0.508. The molecule has 0 atom stereocenters. The van der Waals surface area contributed by atoms with E-state index in [9.17, 15) is 9.59 Å². The van der Waals surface area contributed by atoms with Crippen LogP contribution in [0.4, 0.5) is 0 Å². The minimum atomic E-state index is -0.368. The van der Waals surface area contributed by atoms with Gasteiger partial charge in [0.15, 0.2) is 0 Å². The number of piperazine rings is 1. The maximum atomic E-state index is 13.1. The Bertz CT molecular complexity index is 848. The first-order valence-electron chi connectivity index (χ1n) is 9.05. The van der Waals surface area contributed by atoms with Crippen molar-refractivity contribution in [2.75, 3.05) is 19.6 Å². The Hall–Kier alpha value is -2.30. The monoisotopic (exact) mass is 339 g/mol. The van der Waals surface area contributed by atoms with Gasteiger partial charge < -0.3 is 14.8 Å². The van der Waals surface area contributed by atoms with Crippen LogP contribution in [0.25, 0.3) is 10.9 Å². The van der Waals surface area contributed by atoms with Crippen molar-refractivity contribution in [3.63, 3.8) is 0 Å². The quantitative estimate of drug-likeness (QED) is 0.914. The topological polar surface area (TPSA) is 56.4 Å². The lowest BCUT2D eigenvalue weighted by Gasteiger charge is -2.47. The van der Waals surface area contributed by atoms with Gasteiger partial charge in [-0.3, -0.25) is 9.59 Å². The number of H-pyrrole nitrogens is 1. The lowest BCUT2D eigenvalue weighted by Crippen LogP contribution is -2.62. The first-order chi connectivity index (χ1) is 11.8. The molecule has 5 nitrogen and oxygen atoms in total. The zero-order valence-corrected chi connectivity index (χ0v) is 15.1. The third-order valence-corrected chi connectivity index (χ3v) is 5.39. The van der Waals surface area contributed by atoms with E-state index in [0.717, 1.165) is 23.7 Å². The van der Waals surface area contributed by atoms with E-state index in [1.165, 1.54) is 5.56 Å². The van der Waals surface area contributed by atoms with Crippen LogP contribution < -0.4 is 0 Å². The molecule has 0 bridgehead atoms. The summed E-state index contributed by atoms with van der Waals surface area (Å²) in [7, 11) is 0. The molecule has 0 radical (unpaired) electrons. The minimum Gasteiger partial charge on any atom is -0.351 e. The van der Waals surface area contributed by atoms with Crippen LogP contribution in [-0.4, -0.2) is 51.8 Å². The number of fused-ring (bicyclic) bond motifs is 1. The highest BCUT2D eigenvalue weighted by atomic mass is 16.2. The van der Waals surface area contributed by atoms with Crippen LogP contribution in [0.2, 0.25) is 0 Å². The van der Waals surface area contributed by atoms with Crippen molar-refractivity contribution in [2.24, 2.45) is 5.92 Å². The predicted octanol–water partition coefficient (Wildman–Crippen LogP) is 2.95. The van der Waals surface area contributed by atoms with Gasteiger partial charge in [0, 0.05) is 36.5 Å². The fourth-order valence-corrected chi connectivity index (χ4v) is 3.81. The van der Waals surface area contributed by atoms with Gasteiger partial charge in [-0.2, -0.15) is 0 Å². The van der Waals surface area contributed by atoms with E-state index in [0.29, 0.717) is 25.3 Å². The molecule has 1 aromatic heterocycles. The normalized spacial score (nSPS) is 20.1. The number of hydrogen-bond donors (Lipinski definition) is 1. The molecule has 5 heteroatoms. The van der Waals surface area contributed by atoms with Crippen molar-refractivity contribution >= 4 is 22.7 Å². The van der Waals surface area contributed by atoms with Gasteiger partial charge in [-0.25, -0.2) is 0 Å². The molecular weight excluding hydrogens is 314 g/mol. The van der Waals surface area contributed by atoms with Crippen molar-refractivity contribution < 1.29 is 9.59 Å². The number of nitrogens with zero attached hydrogens (tertiary/aromatic N) is 2. The van der Waals surface area contributed by atoms with Gasteiger partial charge in [0.2, 0.25) is 5.91 Å². The number of amides is 2. The molecule has 2 aromatic rings.